The van der Waals surface area contributed by atoms with Crippen LogP contribution in [0.3, 0.4) is 0 Å². The summed E-state index contributed by atoms with van der Waals surface area (Å²) in [5.74, 6) is -3.65. The molecule has 0 fully saturated rings. The number of nitrogens with two attached hydrogens (primary N) is 1. The van der Waals surface area contributed by atoms with Gasteiger partial charge in [-0.15, -0.1) is 0 Å². The summed E-state index contributed by atoms with van der Waals surface area (Å²) in [7, 11) is 0. The van der Waals surface area contributed by atoms with Gasteiger partial charge in [-0.2, -0.15) is 0 Å². The normalized spacial score (nSPS) is 14.0. The van der Waals surface area contributed by atoms with Crippen molar-refractivity contribution in [1.29, 1.82) is 0 Å². The Morgan fingerprint density at radius 3 is 2.48 bits per heavy atom. The molecule has 0 aromatic heterocycles. The second kappa shape index (κ2) is 7.54. The molecule has 8 heteroatoms. The number of aliphatic hydroxyl groups is 1. The van der Waals surface area contributed by atoms with E-state index in [4.69, 9.17) is 15.6 Å². The first-order chi connectivity index (χ1) is 11.8. The monoisotopic (exact) mass is 352 g/mol. The zero-order valence-corrected chi connectivity index (χ0v) is 13.4. The lowest BCUT2D eigenvalue weighted by Gasteiger charge is -2.25. The molecule has 3 N–H and O–H groups in total. The zero-order valence-electron chi connectivity index (χ0n) is 13.4. The molecule has 0 saturated carbocycles. The third-order valence-electron chi connectivity index (χ3n) is 3.78. The number of nitro benzene ring substituents is 1. The van der Waals surface area contributed by atoms with Crippen LogP contribution in [0.1, 0.15) is 30.2 Å². The van der Waals surface area contributed by atoms with Crippen LogP contribution in [0, 0.1) is 10.1 Å². The fraction of sp³-hybridized carbons (Fsp3) is 0.294. The Kier molecular flexibility index (Phi) is 5.66. The lowest BCUT2D eigenvalue weighted by atomic mass is 10.00. The molecule has 2 aromatic carbocycles. The van der Waals surface area contributed by atoms with Gasteiger partial charge in [0.1, 0.15) is 24.5 Å². The highest BCUT2D eigenvalue weighted by Gasteiger charge is 2.39. The third kappa shape index (κ3) is 4.28. The molecular weight excluding hydrogens is 334 g/mol. The lowest BCUT2D eigenvalue weighted by molar-refractivity contribution is -0.385. The van der Waals surface area contributed by atoms with E-state index in [9.17, 15) is 18.9 Å². The summed E-state index contributed by atoms with van der Waals surface area (Å²) >= 11 is 0. The highest BCUT2D eigenvalue weighted by molar-refractivity contribution is 5.46. The van der Waals surface area contributed by atoms with Gasteiger partial charge in [0.25, 0.3) is 11.6 Å². The van der Waals surface area contributed by atoms with Gasteiger partial charge in [0.15, 0.2) is 0 Å². The Hall–Kier alpha value is -2.58. The number of alkyl halides is 2. The van der Waals surface area contributed by atoms with Crippen molar-refractivity contribution in [2.24, 2.45) is 5.73 Å². The van der Waals surface area contributed by atoms with Gasteiger partial charge < -0.3 is 15.6 Å². The maximum Gasteiger partial charge on any atom is 0.289 e. The number of nitrogens with zero attached hydrogens (tertiary/aromatic N) is 1. The van der Waals surface area contributed by atoms with Crippen LogP contribution in [0.15, 0.2) is 48.5 Å². The van der Waals surface area contributed by atoms with Gasteiger partial charge >= 0.3 is 0 Å². The molecule has 6 nitrogen and oxygen atoms in total. The summed E-state index contributed by atoms with van der Waals surface area (Å²) in [6, 6.07) is 10.4. The second-order valence-electron chi connectivity index (χ2n) is 5.55. The van der Waals surface area contributed by atoms with Gasteiger partial charge in [-0.25, -0.2) is 8.78 Å². The zero-order chi connectivity index (χ0) is 18.6. The number of halogens is 2. The topological polar surface area (TPSA) is 98.6 Å². The summed E-state index contributed by atoms with van der Waals surface area (Å²) < 4.78 is 33.3. The van der Waals surface area contributed by atoms with Crippen LogP contribution >= 0.6 is 0 Å². The van der Waals surface area contributed by atoms with E-state index in [0.29, 0.717) is 0 Å². The third-order valence-corrected chi connectivity index (χ3v) is 3.78. The fourth-order valence-electron chi connectivity index (χ4n) is 2.31. The molecule has 2 aromatic rings. The Balaban J connectivity index is 2.41. The Labute approximate surface area is 143 Å². The van der Waals surface area contributed by atoms with Gasteiger partial charge in [0.05, 0.1) is 4.92 Å². The van der Waals surface area contributed by atoms with E-state index < -0.39 is 29.6 Å². The van der Waals surface area contributed by atoms with Crippen LogP contribution in [0.4, 0.5) is 14.5 Å². The molecule has 0 bridgehead atoms. The van der Waals surface area contributed by atoms with Crippen molar-refractivity contribution in [2.75, 3.05) is 6.61 Å². The number of non-ortho nitro benzene ring substituents is 1. The molecule has 0 amide bonds. The van der Waals surface area contributed by atoms with Crippen molar-refractivity contribution in [3.63, 3.8) is 0 Å². The van der Waals surface area contributed by atoms with Gasteiger partial charge in [-0.05, 0) is 18.6 Å². The molecule has 0 spiro atoms. The van der Waals surface area contributed by atoms with Crippen LogP contribution in [0.5, 0.6) is 5.75 Å². The quantitative estimate of drug-likeness (QED) is 0.588. The predicted molar refractivity (Wildman–Crippen MR) is 87.5 cm³/mol. The van der Waals surface area contributed by atoms with Crippen molar-refractivity contribution in [3.05, 3.63) is 69.8 Å². The standard InChI is InChI=1S/C17H18F2N2O4/c1-11(12-5-3-2-4-6-12)25-15-8-7-13(21(23)24)9-14(15)16(20)17(18,19)10-22/h2-9,11,16,22H,10,20H2,1H3. The van der Waals surface area contributed by atoms with Gasteiger partial charge in [0.2, 0.25) is 0 Å². The summed E-state index contributed by atoms with van der Waals surface area (Å²) in [5, 5.41) is 19.8. The Morgan fingerprint density at radius 1 is 1.28 bits per heavy atom. The largest absolute Gasteiger partial charge is 0.486 e. The van der Waals surface area contributed by atoms with E-state index in [2.05, 4.69) is 0 Å². The molecule has 2 rings (SSSR count). The number of ether oxygens (including phenoxy) is 1. The van der Waals surface area contributed by atoms with Crippen LogP contribution in [-0.2, 0) is 0 Å². The van der Waals surface area contributed by atoms with Crippen LogP contribution in [0.25, 0.3) is 0 Å². The van der Waals surface area contributed by atoms with E-state index in [1.807, 2.05) is 6.07 Å². The highest BCUT2D eigenvalue weighted by Crippen LogP contribution is 2.38. The average molecular weight is 352 g/mol. The number of hydrogen-bond donors (Lipinski definition) is 2. The SMILES string of the molecule is CC(Oc1ccc([N+](=O)[O-])cc1C(N)C(F)(F)CO)c1ccccc1. The van der Waals surface area contributed by atoms with E-state index in [0.717, 1.165) is 17.7 Å². The van der Waals surface area contributed by atoms with Gasteiger partial charge in [-0.3, -0.25) is 10.1 Å². The number of rotatable bonds is 7. The minimum atomic E-state index is -3.65. The molecule has 2 atom stereocenters. The minimum Gasteiger partial charge on any atom is -0.486 e. The van der Waals surface area contributed by atoms with E-state index in [-0.39, 0.29) is 17.0 Å². The molecule has 0 aliphatic rings. The average Bonchev–Trinajstić information content (AvgIpc) is 2.61. The first-order valence-corrected chi connectivity index (χ1v) is 7.50. The van der Waals surface area contributed by atoms with Gasteiger partial charge in [0, 0.05) is 17.7 Å². The van der Waals surface area contributed by atoms with Crippen molar-refractivity contribution < 1.29 is 23.5 Å². The number of aliphatic hydroxyl groups excluding tert-OH is 1. The first kappa shape index (κ1) is 18.8. The molecule has 0 heterocycles. The van der Waals surface area contributed by atoms with Crippen LogP contribution in [0.2, 0.25) is 0 Å². The van der Waals surface area contributed by atoms with Crippen molar-refractivity contribution >= 4 is 5.69 Å². The maximum atomic E-state index is 13.8. The summed E-state index contributed by atoms with van der Waals surface area (Å²) in [4.78, 5) is 10.2. The molecule has 134 valence electrons. The van der Waals surface area contributed by atoms with Crippen LogP contribution < -0.4 is 10.5 Å². The second-order valence-corrected chi connectivity index (χ2v) is 5.55. The highest BCUT2D eigenvalue weighted by atomic mass is 19.3. The summed E-state index contributed by atoms with van der Waals surface area (Å²) in [6.07, 6.45) is -0.489. The van der Waals surface area contributed by atoms with Crippen molar-refractivity contribution in [2.45, 2.75) is 25.0 Å². The molecule has 0 aliphatic heterocycles. The lowest BCUT2D eigenvalue weighted by Crippen LogP contribution is -2.36. The molecule has 25 heavy (non-hydrogen) atoms. The molecule has 0 saturated heterocycles. The molecule has 2 unspecified atom stereocenters. The maximum absolute atomic E-state index is 13.8. The van der Waals surface area contributed by atoms with Gasteiger partial charge in [-0.1, -0.05) is 30.3 Å². The number of benzene rings is 2. The summed E-state index contributed by atoms with van der Waals surface area (Å²) in [6.45, 7) is 0.237. The Bertz CT molecular complexity index is 741. The smallest absolute Gasteiger partial charge is 0.289 e. The van der Waals surface area contributed by atoms with Crippen molar-refractivity contribution in [1.82, 2.24) is 0 Å². The predicted octanol–water partition coefficient (Wildman–Crippen LogP) is 3.36. The van der Waals surface area contributed by atoms with Crippen molar-refractivity contribution in [3.8, 4) is 5.75 Å². The van der Waals surface area contributed by atoms with E-state index >= 15 is 0 Å². The fourth-order valence-corrected chi connectivity index (χ4v) is 2.31. The first-order valence-electron chi connectivity index (χ1n) is 7.50. The number of nitro groups is 1. The number of hydrogen-bond acceptors (Lipinski definition) is 5. The summed E-state index contributed by atoms with van der Waals surface area (Å²) in [5.41, 5.74) is 5.73. The Morgan fingerprint density at radius 2 is 1.92 bits per heavy atom. The van der Waals surface area contributed by atoms with E-state index in [1.165, 1.54) is 6.07 Å². The molecule has 0 aliphatic carbocycles. The van der Waals surface area contributed by atoms with Crippen LogP contribution in [-0.4, -0.2) is 22.6 Å². The minimum absolute atomic E-state index is 0.00239. The molecule has 0 radical (unpaired) electrons. The van der Waals surface area contributed by atoms with E-state index in [1.54, 1.807) is 31.2 Å². The molecular formula is C17H18F2N2O4.